The number of phenolic OH excluding ortho intramolecular Hbond substituents is 1. The molecule has 0 aromatic heterocycles. The van der Waals surface area contributed by atoms with Crippen LogP contribution < -0.4 is 0 Å². The second-order valence-corrected chi connectivity index (χ2v) is 5.98. The summed E-state index contributed by atoms with van der Waals surface area (Å²) in [6, 6.07) is 7.63. The normalized spacial score (nSPS) is 25.2. The van der Waals surface area contributed by atoms with Gasteiger partial charge in [0, 0.05) is 13.1 Å². The molecule has 0 aliphatic carbocycles. The molecule has 1 aromatic rings. The van der Waals surface area contributed by atoms with Crippen LogP contribution in [-0.2, 0) is 6.42 Å². The largest absolute Gasteiger partial charge is 0.508 e. The Morgan fingerprint density at radius 1 is 1.22 bits per heavy atom. The maximum absolute atomic E-state index is 9.42. The van der Waals surface area contributed by atoms with Gasteiger partial charge in [-0.05, 0) is 55.3 Å². The van der Waals surface area contributed by atoms with E-state index in [0.29, 0.717) is 5.75 Å². The molecule has 2 unspecified atom stereocenters. The van der Waals surface area contributed by atoms with E-state index < -0.39 is 0 Å². The molecule has 1 aliphatic heterocycles. The van der Waals surface area contributed by atoms with Crippen LogP contribution in [0.2, 0.25) is 0 Å². The van der Waals surface area contributed by atoms with Gasteiger partial charge in [-0.1, -0.05) is 26.0 Å². The van der Waals surface area contributed by atoms with E-state index in [-0.39, 0.29) is 0 Å². The molecule has 1 saturated heterocycles. The van der Waals surface area contributed by atoms with Gasteiger partial charge in [0.25, 0.3) is 0 Å². The number of aromatic hydroxyl groups is 1. The van der Waals surface area contributed by atoms with Crippen LogP contribution in [-0.4, -0.2) is 29.6 Å². The van der Waals surface area contributed by atoms with Gasteiger partial charge >= 0.3 is 0 Å². The van der Waals surface area contributed by atoms with Crippen molar-refractivity contribution in [3.8, 4) is 5.75 Å². The third kappa shape index (κ3) is 4.02. The Bertz CT molecular complexity index is 367. The Hall–Kier alpha value is -1.02. The third-order valence-electron chi connectivity index (χ3n) is 3.79. The van der Waals surface area contributed by atoms with Crippen molar-refractivity contribution in [1.29, 1.82) is 0 Å². The van der Waals surface area contributed by atoms with Crippen LogP contribution in [0.3, 0.4) is 0 Å². The summed E-state index contributed by atoms with van der Waals surface area (Å²) in [4.78, 5) is 2.60. The van der Waals surface area contributed by atoms with Crippen LogP contribution in [0, 0.1) is 11.8 Å². The van der Waals surface area contributed by atoms with Crippen LogP contribution in [0.25, 0.3) is 0 Å². The highest BCUT2D eigenvalue weighted by molar-refractivity contribution is 5.27. The van der Waals surface area contributed by atoms with E-state index in [0.717, 1.165) is 18.3 Å². The van der Waals surface area contributed by atoms with E-state index >= 15 is 0 Å². The molecule has 100 valence electrons. The zero-order valence-electron chi connectivity index (χ0n) is 11.6. The molecule has 2 atom stereocenters. The Labute approximate surface area is 111 Å². The molecule has 2 nitrogen and oxygen atoms in total. The number of benzene rings is 1. The molecule has 2 heteroatoms. The average Bonchev–Trinajstić information content (AvgIpc) is 2.27. The van der Waals surface area contributed by atoms with Crippen molar-refractivity contribution in [2.24, 2.45) is 11.8 Å². The van der Waals surface area contributed by atoms with Gasteiger partial charge in [0.1, 0.15) is 5.75 Å². The maximum atomic E-state index is 9.42. The number of hydrogen-bond acceptors (Lipinski definition) is 2. The van der Waals surface area contributed by atoms with Crippen molar-refractivity contribution in [3.63, 3.8) is 0 Å². The Balaban J connectivity index is 1.75. The van der Waals surface area contributed by atoms with Crippen LogP contribution in [0.1, 0.15) is 32.3 Å². The van der Waals surface area contributed by atoms with Crippen LogP contribution in [0.15, 0.2) is 24.3 Å². The monoisotopic (exact) mass is 247 g/mol. The molecule has 1 aromatic carbocycles. The van der Waals surface area contributed by atoms with Gasteiger partial charge in [0.2, 0.25) is 0 Å². The standard InChI is InChI=1S/C16H25NO/c1-13-9-14(2)12-17(11-13)8-4-6-15-5-3-7-16(18)10-15/h3,5,7,10,13-14,18H,4,6,8-9,11-12H2,1-2H3. The summed E-state index contributed by atoms with van der Waals surface area (Å²) < 4.78 is 0. The number of piperidine rings is 1. The zero-order valence-corrected chi connectivity index (χ0v) is 11.6. The van der Waals surface area contributed by atoms with E-state index in [1.165, 1.54) is 38.0 Å². The minimum atomic E-state index is 0.382. The molecule has 0 spiro atoms. The first-order valence-corrected chi connectivity index (χ1v) is 7.13. The smallest absolute Gasteiger partial charge is 0.115 e. The predicted octanol–water partition coefficient (Wildman–Crippen LogP) is 3.30. The van der Waals surface area contributed by atoms with Crippen LogP contribution in [0.5, 0.6) is 5.75 Å². The zero-order chi connectivity index (χ0) is 13.0. The summed E-state index contributed by atoms with van der Waals surface area (Å²) in [6.45, 7) is 8.41. The molecule has 1 N–H and O–H groups in total. The third-order valence-corrected chi connectivity index (χ3v) is 3.79. The molecule has 2 rings (SSSR count). The molecule has 1 aliphatic rings. The Morgan fingerprint density at radius 3 is 2.61 bits per heavy atom. The second kappa shape index (κ2) is 6.24. The van der Waals surface area contributed by atoms with E-state index in [9.17, 15) is 5.11 Å². The van der Waals surface area contributed by atoms with Gasteiger partial charge < -0.3 is 10.0 Å². The van der Waals surface area contributed by atoms with Gasteiger partial charge in [0.05, 0.1) is 0 Å². The van der Waals surface area contributed by atoms with Crippen LogP contribution >= 0.6 is 0 Å². The summed E-state index contributed by atoms with van der Waals surface area (Å²) in [7, 11) is 0. The molecule has 0 radical (unpaired) electrons. The molecular weight excluding hydrogens is 222 g/mol. The van der Waals surface area contributed by atoms with Crippen molar-refractivity contribution in [3.05, 3.63) is 29.8 Å². The lowest BCUT2D eigenvalue weighted by atomic mass is 9.92. The minimum Gasteiger partial charge on any atom is -0.508 e. The fourth-order valence-electron chi connectivity index (χ4n) is 3.19. The quantitative estimate of drug-likeness (QED) is 0.882. The highest BCUT2D eigenvalue weighted by atomic mass is 16.3. The number of likely N-dealkylation sites (tertiary alicyclic amines) is 1. The Morgan fingerprint density at radius 2 is 1.94 bits per heavy atom. The van der Waals surface area contributed by atoms with Gasteiger partial charge in [-0.25, -0.2) is 0 Å². The first-order valence-electron chi connectivity index (χ1n) is 7.13. The van der Waals surface area contributed by atoms with Crippen molar-refractivity contribution >= 4 is 0 Å². The van der Waals surface area contributed by atoms with E-state index in [1.807, 2.05) is 12.1 Å². The van der Waals surface area contributed by atoms with Crippen LogP contribution in [0.4, 0.5) is 0 Å². The molecular formula is C16H25NO. The van der Waals surface area contributed by atoms with Gasteiger partial charge in [-0.2, -0.15) is 0 Å². The van der Waals surface area contributed by atoms with Crippen molar-refractivity contribution in [2.45, 2.75) is 33.1 Å². The topological polar surface area (TPSA) is 23.5 Å². The number of hydrogen-bond donors (Lipinski definition) is 1. The van der Waals surface area contributed by atoms with Gasteiger partial charge in [-0.3, -0.25) is 0 Å². The van der Waals surface area contributed by atoms with Crippen molar-refractivity contribution in [2.75, 3.05) is 19.6 Å². The Kier molecular flexibility index (Phi) is 4.65. The highest BCUT2D eigenvalue weighted by Crippen LogP contribution is 2.21. The molecule has 1 fully saturated rings. The van der Waals surface area contributed by atoms with Crippen molar-refractivity contribution in [1.82, 2.24) is 4.90 Å². The maximum Gasteiger partial charge on any atom is 0.115 e. The average molecular weight is 247 g/mol. The molecule has 18 heavy (non-hydrogen) atoms. The lowest BCUT2D eigenvalue weighted by Crippen LogP contribution is -2.39. The second-order valence-electron chi connectivity index (χ2n) is 5.98. The highest BCUT2D eigenvalue weighted by Gasteiger charge is 2.20. The summed E-state index contributed by atoms with van der Waals surface area (Å²) in [5, 5.41) is 9.42. The number of phenols is 1. The minimum absolute atomic E-state index is 0.382. The fraction of sp³-hybridized carbons (Fsp3) is 0.625. The molecule has 0 bridgehead atoms. The summed E-state index contributed by atoms with van der Waals surface area (Å²) in [5.41, 5.74) is 1.24. The van der Waals surface area contributed by atoms with Gasteiger partial charge in [-0.15, -0.1) is 0 Å². The molecule has 0 amide bonds. The summed E-state index contributed by atoms with van der Waals surface area (Å²) >= 11 is 0. The van der Waals surface area contributed by atoms with E-state index in [4.69, 9.17) is 0 Å². The van der Waals surface area contributed by atoms with E-state index in [2.05, 4.69) is 24.8 Å². The number of aryl methyl sites for hydroxylation is 1. The first kappa shape index (κ1) is 13.4. The number of rotatable bonds is 4. The first-order chi connectivity index (χ1) is 8.63. The van der Waals surface area contributed by atoms with Crippen molar-refractivity contribution < 1.29 is 5.11 Å². The summed E-state index contributed by atoms with van der Waals surface area (Å²) in [6.07, 6.45) is 3.62. The number of nitrogens with zero attached hydrogens (tertiary/aromatic N) is 1. The molecule has 0 saturated carbocycles. The predicted molar refractivity (Wildman–Crippen MR) is 75.8 cm³/mol. The van der Waals surface area contributed by atoms with E-state index in [1.54, 1.807) is 6.07 Å². The lowest BCUT2D eigenvalue weighted by Gasteiger charge is -2.34. The summed E-state index contributed by atoms with van der Waals surface area (Å²) in [5.74, 6) is 2.07. The lowest BCUT2D eigenvalue weighted by molar-refractivity contribution is 0.140. The fourth-order valence-corrected chi connectivity index (χ4v) is 3.19. The SMILES string of the molecule is CC1CC(C)CN(CCCc2cccc(O)c2)C1. The van der Waals surface area contributed by atoms with Gasteiger partial charge in [0.15, 0.2) is 0 Å². The molecule has 1 heterocycles.